The largest absolute Gasteiger partial charge is 0.493 e. The molecule has 4 aromatic carbocycles. The number of halogens is 2. The minimum absolute atomic E-state index is 0.286. The van der Waals surface area contributed by atoms with Crippen molar-refractivity contribution in [2.75, 3.05) is 13.2 Å². The number of benzene rings is 4. The fraction of sp³-hybridized carbons (Fsp3) is 0.200. The second-order valence-corrected chi connectivity index (χ2v) is 7.37. The number of rotatable bonds is 0. The van der Waals surface area contributed by atoms with Crippen molar-refractivity contribution in [2.24, 2.45) is 0 Å². The second-order valence-electron chi connectivity index (χ2n) is 7.37. The van der Waals surface area contributed by atoms with Crippen LogP contribution in [0.2, 0.25) is 0 Å². The third-order valence-corrected chi connectivity index (χ3v) is 5.44. The third kappa shape index (κ3) is 3.29. The number of hydrogen-bond donors (Lipinski definition) is 0. The van der Waals surface area contributed by atoms with Crippen LogP contribution in [-0.2, 0) is 0 Å². The number of fused-ring (bicyclic) bond motifs is 7. The highest BCUT2D eigenvalue weighted by atomic mass is 19.1. The summed E-state index contributed by atoms with van der Waals surface area (Å²) in [7, 11) is 0. The molecule has 0 spiro atoms. The van der Waals surface area contributed by atoms with Gasteiger partial charge in [-0.25, -0.2) is 8.78 Å². The van der Waals surface area contributed by atoms with E-state index in [1.807, 2.05) is 24.3 Å². The summed E-state index contributed by atoms with van der Waals surface area (Å²) in [5, 5.41) is 3.33. The van der Waals surface area contributed by atoms with Gasteiger partial charge in [0.15, 0.2) is 0 Å². The molecule has 0 atom stereocenters. The van der Waals surface area contributed by atoms with Gasteiger partial charge in [-0.1, -0.05) is 24.3 Å². The van der Waals surface area contributed by atoms with Crippen LogP contribution in [0.3, 0.4) is 0 Å². The van der Waals surface area contributed by atoms with Crippen molar-refractivity contribution in [1.29, 1.82) is 0 Å². The average molecular weight is 390 g/mol. The predicted octanol–water partition coefficient (Wildman–Crippen LogP) is 6.88. The Hall–Kier alpha value is -3.14. The van der Waals surface area contributed by atoms with Crippen molar-refractivity contribution < 1.29 is 18.3 Å². The summed E-state index contributed by atoms with van der Waals surface area (Å²) in [6.45, 7) is 1.21. The zero-order chi connectivity index (χ0) is 19.8. The van der Waals surface area contributed by atoms with Gasteiger partial charge in [0.1, 0.15) is 23.1 Å². The Labute approximate surface area is 167 Å². The summed E-state index contributed by atoms with van der Waals surface area (Å²) in [5.74, 6) is 0.887. The van der Waals surface area contributed by atoms with Gasteiger partial charge in [-0.15, -0.1) is 0 Å². The highest BCUT2D eigenvalue weighted by Gasteiger charge is 2.20. The standard InChI is InChI=1S/C25H20F2O2/c26-18-6-8-20-16(14-18)4-10-22-24(20)25-21-9-7-19(27)15-17(21)5-11-23(25)29-13-3-1-2-12-28-22/h4-11,14-15H,1-3,12-13H2. The fourth-order valence-corrected chi connectivity index (χ4v) is 4.06. The molecule has 4 aromatic rings. The van der Waals surface area contributed by atoms with E-state index in [9.17, 15) is 8.78 Å². The van der Waals surface area contributed by atoms with Crippen molar-refractivity contribution in [1.82, 2.24) is 0 Å². The minimum Gasteiger partial charge on any atom is -0.493 e. The molecule has 1 heterocycles. The van der Waals surface area contributed by atoms with Crippen LogP contribution in [0.25, 0.3) is 32.7 Å². The van der Waals surface area contributed by atoms with E-state index in [4.69, 9.17) is 9.47 Å². The molecule has 29 heavy (non-hydrogen) atoms. The second kappa shape index (κ2) is 7.36. The molecular formula is C25H20F2O2. The molecule has 2 nitrogen and oxygen atoms in total. The first-order valence-electron chi connectivity index (χ1n) is 9.91. The molecule has 146 valence electrons. The lowest BCUT2D eigenvalue weighted by atomic mass is 9.92. The molecule has 0 amide bonds. The topological polar surface area (TPSA) is 18.5 Å². The molecular weight excluding hydrogens is 370 g/mol. The van der Waals surface area contributed by atoms with Gasteiger partial charge in [0.05, 0.1) is 13.2 Å². The zero-order valence-electron chi connectivity index (χ0n) is 15.9. The van der Waals surface area contributed by atoms with Crippen LogP contribution in [0.5, 0.6) is 11.5 Å². The molecule has 1 aliphatic rings. The van der Waals surface area contributed by atoms with Gasteiger partial charge in [0.2, 0.25) is 0 Å². The summed E-state index contributed by atoms with van der Waals surface area (Å²) >= 11 is 0. The lowest BCUT2D eigenvalue weighted by Crippen LogP contribution is -1.99. The molecule has 0 unspecified atom stereocenters. The van der Waals surface area contributed by atoms with Crippen LogP contribution >= 0.6 is 0 Å². The van der Waals surface area contributed by atoms with Gasteiger partial charge in [0.25, 0.3) is 0 Å². The number of hydrogen-bond acceptors (Lipinski definition) is 2. The Morgan fingerprint density at radius 1 is 0.552 bits per heavy atom. The average Bonchev–Trinajstić information content (AvgIpc) is 2.76. The lowest BCUT2D eigenvalue weighted by molar-refractivity contribution is 0.284. The molecule has 0 saturated heterocycles. The number of ether oxygens (including phenoxy) is 2. The van der Waals surface area contributed by atoms with Crippen molar-refractivity contribution in [2.45, 2.75) is 19.3 Å². The first kappa shape index (κ1) is 17.9. The maximum atomic E-state index is 13.9. The predicted molar refractivity (Wildman–Crippen MR) is 112 cm³/mol. The molecule has 0 fully saturated rings. The summed E-state index contributed by atoms with van der Waals surface area (Å²) < 4.78 is 40.1. The fourth-order valence-electron chi connectivity index (χ4n) is 4.06. The smallest absolute Gasteiger partial charge is 0.127 e. The Morgan fingerprint density at radius 2 is 1.03 bits per heavy atom. The molecule has 0 N–H and O–H groups in total. The molecule has 4 heteroatoms. The Balaban J connectivity index is 1.89. The highest BCUT2D eigenvalue weighted by Crippen LogP contribution is 2.46. The van der Waals surface area contributed by atoms with Gasteiger partial charge < -0.3 is 9.47 Å². The summed E-state index contributed by atoms with van der Waals surface area (Å²) in [6, 6.07) is 17.0. The van der Waals surface area contributed by atoms with Crippen molar-refractivity contribution >= 4 is 21.5 Å². The van der Waals surface area contributed by atoms with E-state index < -0.39 is 0 Å². The van der Waals surface area contributed by atoms with Crippen molar-refractivity contribution in [3.05, 3.63) is 72.3 Å². The SMILES string of the molecule is Fc1ccc2c3c(ccc2c1)OCCCCCOc1ccc2cc(F)ccc2c1-3. The minimum atomic E-state index is -0.286. The maximum Gasteiger partial charge on any atom is 0.127 e. The molecule has 5 rings (SSSR count). The molecule has 0 bridgehead atoms. The zero-order valence-corrected chi connectivity index (χ0v) is 15.9. The summed E-state index contributed by atoms with van der Waals surface area (Å²) in [6.07, 6.45) is 2.89. The first-order chi connectivity index (χ1) is 14.2. The van der Waals surface area contributed by atoms with Gasteiger partial charge in [-0.2, -0.15) is 0 Å². The molecule has 0 aliphatic carbocycles. The van der Waals surface area contributed by atoms with Gasteiger partial charge in [-0.3, -0.25) is 0 Å². The maximum absolute atomic E-state index is 13.9. The van der Waals surface area contributed by atoms with Crippen LogP contribution in [0.15, 0.2) is 60.7 Å². The molecule has 0 aromatic heterocycles. The Kier molecular flexibility index (Phi) is 4.55. The van der Waals surface area contributed by atoms with Gasteiger partial charge in [0, 0.05) is 11.1 Å². The Bertz CT molecular complexity index is 1120. The lowest BCUT2D eigenvalue weighted by Gasteiger charge is -2.19. The third-order valence-electron chi connectivity index (χ3n) is 5.44. The van der Waals surface area contributed by atoms with E-state index in [0.717, 1.165) is 63.4 Å². The summed E-state index contributed by atoms with van der Waals surface area (Å²) in [4.78, 5) is 0. The molecule has 1 aliphatic heterocycles. The van der Waals surface area contributed by atoms with E-state index in [2.05, 4.69) is 0 Å². The van der Waals surface area contributed by atoms with Crippen LogP contribution < -0.4 is 9.47 Å². The van der Waals surface area contributed by atoms with E-state index in [1.165, 1.54) is 24.3 Å². The normalized spacial score (nSPS) is 14.4. The summed E-state index contributed by atoms with van der Waals surface area (Å²) in [5.41, 5.74) is 1.72. The quantitative estimate of drug-likeness (QED) is 0.326. The van der Waals surface area contributed by atoms with Crippen LogP contribution in [-0.4, -0.2) is 13.2 Å². The monoisotopic (exact) mass is 390 g/mol. The molecule has 0 radical (unpaired) electrons. The highest BCUT2D eigenvalue weighted by molar-refractivity contribution is 6.09. The first-order valence-corrected chi connectivity index (χ1v) is 9.91. The molecule has 0 saturated carbocycles. The van der Waals surface area contributed by atoms with E-state index in [-0.39, 0.29) is 11.6 Å². The van der Waals surface area contributed by atoms with Gasteiger partial charge in [-0.05, 0) is 77.2 Å². The van der Waals surface area contributed by atoms with Crippen molar-refractivity contribution in [3.63, 3.8) is 0 Å². The van der Waals surface area contributed by atoms with Crippen LogP contribution in [0.4, 0.5) is 8.78 Å². The van der Waals surface area contributed by atoms with Crippen LogP contribution in [0, 0.1) is 11.6 Å². The Morgan fingerprint density at radius 3 is 1.52 bits per heavy atom. The van der Waals surface area contributed by atoms with Crippen LogP contribution in [0.1, 0.15) is 19.3 Å². The van der Waals surface area contributed by atoms with E-state index in [0.29, 0.717) is 13.2 Å². The van der Waals surface area contributed by atoms with Gasteiger partial charge >= 0.3 is 0 Å². The van der Waals surface area contributed by atoms with Crippen molar-refractivity contribution in [3.8, 4) is 22.6 Å². The van der Waals surface area contributed by atoms with E-state index >= 15 is 0 Å². The van der Waals surface area contributed by atoms with E-state index in [1.54, 1.807) is 12.1 Å².